The van der Waals surface area contributed by atoms with Gasteiger partial charge in [-0.2, -0.15) is 10.4 Å². The molecule has 1 amide bonds. The Bertz CT molecular complexity index is 892. The highest BCUT2D eigenvalue weighted by atomic mass is 79.9. The van der Waals surface area contributed by atoms with Gasteiger partial charge in [-0.1, -0.05) is 34.5 Å². The van der Waals surface area contributed by atoms with Crippen LogP contribution < -0.4 is 5.32 Å². The smallest absolute Gasteiger partial charge is 0.220 e. The van der Waals surface area contributed by atoms with Crippen molar-refractivity contribution >= 4 is 21.8 Å². The molecule has 1 aliphatic carbocycles. The van der Waals surface area contributed by atoms with Crippen molar-refractivity contribution in [2.24, 2.45) is 0 Å². The van der Waals surface area contributed by atoms with E-state index in [0.29, 0.717) is 32.4 Å². The maximum atomic E-state index is 12.5. The number of carbonyl (C=O) groups is 1. The molecular formula is C22H27BrN4O. The minimum absolute atomic E-state index is 0.0768. The zero-order valence-electron chi connectivity index (χ0n) is 16.6. The molecule has 1 aromatic heterocycles. The Balaban J connectivity index is 1.56. The molecule has 28 heavy (non-hydrogen) atoms. The third-order valence-electron chi connectivity index (χ3n) is 5.94. The average Bonchev–Trinajstić information content (AvgIpc) is 2.90. The number of aromatic nitrogens is 2. The topological polar surface area (TPSA) is 70.7 Å². The van der Waals surface area contributed by atoms with Crippen LogP contribution in [0.4, 0.5) is 0 Å². The standard InChI is InChI=1S/C22H27BrN4O/c1-16-20(17(2)27(26-16)13-5-12-24)8-9-21(28)25-15-22(10-4-11-22)18-6-3-7-19(23)14-18/h3,6-7,14H,4-5,8-11,13,15H2,1-2H3,(H,25,28). The van der Waals surface area contributed by atoms with E-state index >= 15 is 0 Å². The summed E-state index contributed by atoms with van der Waals surface area (Å²) in [6, 6.07) is 10.6. The predicted octanol–water partition coefficient (Wildman–Crippen LogP) is 4.35. The van der Waals surface area contributed by atoms with Gasteiger partial charge in [0.15, 0.2) is 0 Å². The van der Waals surface area contributed by atoms with Crippen LogP contribution in [0.1, 0.15) is 54.6 Å². The first-order chi connectivity index (χ1) is 13.4. The van der Waals surface area contributed by atoms with Crippen LogP contribution >= 0.6 is 15.9 Å². The van der Waals surface area contributed by atoms with Crippen molar-refractivity contribution in [3.05, 3.63) is 51.3 Å². The van der Waals surface area contributed by atoms with Crippen LogP contribution in [0.3, 0.4) is 0 Å². The van der Waals surface area contributed by atoms with Crippen LogP contribution in [-0.2, 0) is 23.2 Å². The van der Waals surface area contributed by atoms with Gasteiger partial charge >= 0.3 is 0 Å². The van der Waals surface area contributed by atoms with E-state index in [9.17, 15) is 4.79 Å². The summed E-state index contributed by atoms with van der Waals surface area (Å²) in [4.78, 5) is 12.5. The molecule has 0 unspecified atom stereocenters. The predicted molar refractivity (Wildman–Crippen MR) is 113 cm³/mol. The number of nitrogens with one attached hydrogen (secondary N) is 1. The van der Waals surface area contributed by atoms with Gasteiger partial charge in [0.2, 0.25) is 5.91 Å². The van der Waals surface area contributed by atoms with Gasteiger partial charge in [0.05, 0.1) is 24.7 Å². The first-order valence-electron chi connectivity index (χ1n) is 9.88. The lowest BCUT2D eigenvalue weighted by molar-refractivity contribution is -0.121. The van der Waals surface area contributed by atoms with E-state index in [2.05, 4.69) is 50.6 Å². The van der Waals surface area contributed by atoms with Crippen molar-refractivity contribution < 1.29 is 4.79 Å². The molecule has 3 rings (SSSR count). The van der Waals surface area contributed by atoms with Crippen molar-refractivity contribution in [2.45, 2.75) is 64.3 Å². The minimum atomic E-state index is 0.0768. The summed E-state index contributed by atoms with van der Waals surface area (Å²) in [7, 11) is 0. The molecule has 1 fully saturated rings. The normalized spacial score (nSPS) is 14.9. The third kappa shape index (κ3) is 4.47. The Labute approximate surface area is 175 Å². The largest absolute Gasteiger partial charge is 0.355 e. The lowest BCUT2D eigenvalue weighted by atomic mass is 9.64. The number of benzene rings is 1. The molecule has 1 aromatic carbocycles. The van der Waals surface area contributed by atoms with Crippen LogP contribution in [0, 0.1) is 25.2 Å². The van der Waals surface area contributed by atoms with Gasteiger partial charge in [0, 0.05) is 28.5 Å². The van der Waals surface area contributed by atoms with Crippen molar-refractivity contribution in [1.29, 1.82) is 5.26 Å². The van der Waals surface area contributed by atoms with Crippen LogP contribution in [0.15, 0.2) is 28.7 Å². The van der Waals surface area contributed by atoms with E-state index in [1.807, 2.05) is 24.6 Å². The Morgan fingerprint density at radius 2 is 2.18 bits per heavy atom. The summed E-state index contributed by atoms with van der Waals surface area (Å²) >= 11 is 3.56. The summed E-state index contributed by atoms with van der Waals surface area (Å²) in [6.07, 6.45) is 5.03. The summed E-state index contributed by atoms with van der Waals surface area (Å²) in [5, 5.41) is 16.5. The average molecular weight is 443 g/mol. The van der Waals surface area contributed by atoms with E-state index in [1.54, 1.807) is 0 Å². The monoisotopic (exact) mass is 442 g/mol. The Hall–Kier alpha value is -2.13. The summed E-state index contributed by atoms with van der Waals surface area (Å²) in [6.45, 7) is 5.28. The molecule has 0 atom stereocenters. The van der Waals surface area contributed by atoms with E-state index in [1.165, 1.54) is 12.0 Å². The van der Waals surface area contributed by atoms with Gasteiger partial charge in [-0.05, 0) is 56.4 Å². The number of aryl methyl sites for hydroxylation is 2. The number of carbonyl (C=O) groups excluding carboxylic acids is 1. The fraction of sp³-hybridized carbons (Fsp3) is 0.500. The highest BCUT2D eigenvalue weighted by Crippen LogP contribution is 2.43. The first kappa shape index (κ1) is 20.6. The molecule has 5 nitrogen and oxygen atoms in total. The lowest BCUT2D eigenvalue weighted by Gasteiger charge is -2.42. The Morgan fingerprint density at radius 3 is 2.82 bits per heavy atom. The van der Waals surface area contributed by atoms with Crippen LogP contribution in [0.5, 0.6) is 0 Å². The second-order valence-electron chi connectivity index (χ2n) is 7.70. The molecule has 0 aliphatic heterocycles. The van der Waals surface area contributed by atoms with Crippen molar-refractivity contribution in [2.75, 3.05) is 6.54 Å². The maximum Gasteiger partial charge on any atom is 0.220 e. The molecule has 1 aliphatic rings. The zero-order valence-corrected chi connectivity index (χ0v) is 18.2. The number of rotatable bonds is 8. The molecule has 0 spiro atoms. The molecule has 0 radical (unpaired) electrons. The molecule has 1 saturated carbocycles. The number of nitriles is 1. The van der Waals surface area contributed by atoms with Crippen molar-refractivity contribution in [3.63, 3.8) is 0 Å². The second-order valence-corrected chi connectivity index (χ2v) is 8.62. The number of hydrogen-bond acceptors (Lipinski definition) is 3. The maximum absolute atomic E-state index is 12.5. The molecular weight excluding hydrogens is 416 g/mol. The molecule has 1 heterocycles. The highest BCUT2D eigenvalue weighted by Gasteiger charge is 2.38. The lowest BCUT2D eigenvalue weighted by Crippen LogP contribution is -2.45. The zero-order chi connectivity index (χ0) is 20.1. The van der Waals surface area contributed by atoms with Crippen LogP contribution in [-0.4, -0.2) is 22.2 Å². The molecule has 148 valence electrons. The molecule has 6 heteroatoms. The highest BCUT2D eigenvalue weighted by molar-refractivity contribution is 9.10. The summed E-state index contributed by atoms with van der Waals surface area (Å²) in [5.74, 6) is 0.0878. The first-order valence-corrected chi connectivity index (χ1v) is 10.7. The van der Waals surface area contributed by atoms with Gasteiger partial charge in [0.25, 0.3) is 0 Å². The van der Waals surface area contributed by atoms with Crippen LogP contribution in [0.2, 0.25) is 0 Å². The summed E-state index contributed by atoms with van der Waals surface area (Å²) < 4.78 is 2.96. The quantitative estimate of drug-likeness (QED) is 0.660. The molecule has 0 saturated heterocycles. The minimum Gasteiger partial charge on any atom is -0.355 e. The van der Waals surface area contributed by atoms with Gasteiger partial charge in [-0.15, -0.1) is 0 Å². The van der Waals surface area contributed by atoms with E-state index < -0.39 is 0 Å². The van der Waals surface area contributed by atoms with Crippen molar-refractivity contribution in [3.8, 4) is 6.07 Å². The second kappa shape index (κ2) is 8.91. The number of hydrogen-bond donors (Lipinski definition) is 1. The number of nitrogens with zero attached hydrogens (tertiary/aromatic N) is 3. The van der Waals surface area contributed by atoms with E-state index in [0.717, 1.165) is 34.3 Å². The van der Waals surface area contributed by atoms with Crippen molar-refractivity contribution in [1.82, 2.24) is 15.1 Å². The van der Waals surface area contributed by atoms with Crippen LogP contribution in [0.25, 0.3) is 0 Å². The SMILES string of the molecule is Cc1nn(CCC#N)c(C)c1CCC(=O)NCC1(c2cccc(Br)c2)CCC1. The third-order valence-corrected chi connectivity index (χ3v) is 6.43. The molecule has 0 bridgehead atoms. The van der Waals surface area contributed by atoms with E-state index in [-0.39, 0.29) is 11.3 Å². The van der Waals surface area contributed by atoms with E-state index in [4.69, 9.17) is 5.26 Å². The van der Waals surface area contributed by atoms with Gasteiger partial charge in [-0.25, -0.2) is 0 Å². The summed E-state index contributed by atoms with van der Waals surface area (Å²) in [5.41, 5.74) is 4.52. The van der Waals surface area contributed by atoms with Gasteiger partial charge in [0.1, 0.15) is 0 Å². The Kier molecular flexibility index (Phi) is 6.56. The van der Waals surface area contributed by atoms with Gasteiger partial charge in [-0.3, -0.25) is 9.48 Å². The number of halogens is 1. The Morgan fingerprint density at radius 1 is 1.39 bits per heavy atom. The molecule has 2 aromatic rings. The fourth-order valence-corrected chi connectivity index (χ4v) is 4.45. The van der Waals surface area contributed by atoms with Gasteiger partial charge < -0.3 is 5.32 Å². The molecule has 1 N–H and O–H groups in total. The number of amides is 1. The fourth-order valence-electron chi connectivity index (χ4n) is 4.05.